The molecule has 0 aliphatic carbocycles. The lowest BCUT2D eigenvalue weighted by atomic mass is 10.2. The zero-order valence-electron chi connectivity index (χ0n) is 8.58. The minimum atomic E-state index is -3.97. The molecule has 7 heteroatoms. The Hall–Kier alpha value is -1.33. The van der Waals surface area contributed by atoms with Crippen molar-refractivity contribution >= 4 is 27.7 Å². The van der Waals surface area contributed by atoms with E-state index in [4.69, 9.17) is 0 Å². The Labute approximate surface area is 103 Å². The fourth-order valence-corrected chi connectivity index (χ4v) is 1.15. The maximum atomic E-state index is 12.9. The number of ether oxygens (including phenoxy) is 1. The predicted molar refractivity (Wildman–Crippen MR) is 58.4 cm³/mol. The number of alkyl halides is 4. The second kappa shape index (κ2) is 5.33. The average Bonchev–Trinajstić information content (AvgIpc) is 2.22. The number of hydrogen-bond acceptors (Lipinski definition) is 3. The summed E-state index contributed by atoms with van der Waals surface area (Å²) < 4.78 is 42.6. The van der Waals surface area contributed by atoms with Gasteiger partial charge < -0.3 is 4.74 Å². The molecule has 0 aliphatic heterocycles. The van der Waals surface area contributed by atoms with Crippen LogP contribution >= 0.6 is 15.9 Å². The van der Waals surface area contributed by atoms with Crippen LogP contribution in [0.3, 0.4) is 0 Å². The summed E-state index contributed by atoms with van der Waals surface area (Å²) in [6, 6.07) is 3.80. The van der Waals surface area contributed by atoms with E-state index in [0.717, 1.165) is 0 Å². The Bertz CT molecular complexity index is 459. The van der Waals surface area contributed by atoms with Crippen LogP contribution in [-0.2, 0) is 4.79 Å². The summed E-state index contributed by atoms with van der Waals surface area (Å²) in [6.45, 7) is 1.47. The quantitative estimate of drug-likeness (QED) is 0.484. The van der Waals surface area contributed by atoms with Gasteiger partial charge in [0.2, 0.25) is 6.08 Å². The van der Waals surface area contributed by atoms with E-state index in [-0.39, 0.29) is 11.4 Å². The molecule has 92 valence electrons. The van der Waals surface area contributed by atoms with Crippen molar-refractivity contribution in [1.82, 2.24) is 0 Å². The summed E-state index contributed by atoms with van der Waals surface area (Å²) >= 11 is 2.11. The molecule has 0 spiro atoms. The zero-order chi connectivity index (χ0) is 13.1. The maximum absolute atomic E-state index is 12.9. The summed E-state index contributed by atoms with van der Waals surface area (Å²) in [5.74, 6) is -0.193. The number of isocyanates is 1. The number of benzene rings is 1. The third-order valence-corrected chi connectivity index (χ3v) is 2.37. The monoisotopic (exact) mass is 309 g/mol. The number of hydrogen-bond donors (Lipinski definition) is 0. The van der Waals surface area contributed by atoms with E-state index < -0.39 is 11.2 Å². The number of carbonyl (C=O) groups excluding carboxylic acids is 1. The third-order valence-electron chi connectivity index (χ3n) is 1.83. The molecular formula is C10H7BrF3NO2. The van der Waals surface area contributed by atoms with Gasteiger partial charge in [0.15, 0.2) is 0 Å². The van der Waals surface area contributed by atoms with Crippen molar-refractivity contribution in [2.75, 3.05) is 0 Å². The molecule has 0 amide bonds. The van der Waals surface area contributed by atoms with Gasteiger partial charge >= 0.3 is 6.11 Å². The lowest BCUT2D eigenvalue weighted by Crippen LogP contribution is -2.32. The Balaban J connectivity index is 2.97. The van der Waals surface area contributed by atoms with Gasteiger partial charge in [-0.3, -0.25) is 0 Å². The largest absolute Gasteiger partial charge is 0.440 e. The highest BCUT2D eigenvalue weighted by Crippen LogP contribution is 2.32. The van der Waals surface area contributed by atoms with Crippen LogP contribution in [0.25, 0.3) is 0 Å². The molecule has 0 radical (unpaired) electrons. The van der Waals surface area contributed by atoms with Crippen molar-refractivity contribution in [2.45, 2.75) is 18.1 Å². The summed E-state index contributed by atoms with van der Waals surface area (Å²) in [5.41, 5.74) is 0.554. The molecule has 0 aromatic heterocycles. The molecule has 0 bridgehead atoms. The third kappa shape index (κ3) is 3.57. The van der Waals surface area contributed by atoms with Gasteiger partial charge in [0.1, 0.15) is 5.75 Å². The number of aliphatic imine (C=N–C) groups is 1. The average molecular weight is 310 g/mol. The smallest absolute Gasteiger partial charge is 0.429 e. The van der Waals surface area contributed by atoms with Crippen LogP contribution in [0.4, 0.5) is 18.9 Å². The summed E-state index contributed by atoms with van der Waals surface area (Å²) in [5, 5.41) is -2.61. The van der Waals surface area contributed by atoms with Crippen LogP contribution in [-0.4, -0.2) is 17.3 Å². The Kier molecular flexibility index (Phi) is 4.31. The molecule has 0 N–H and O–H groups in total. The SMILES string of the molecule is Cc1cc(N=C=O)ccc1OC(F)(F)C(F)Br. The second-order valence-electron chi connectivity index (χ2n) is 3.12. The first-order chi connectivity index (χ1) is 7.86. The van der Waals surface area contributed by atoms with E-state index in [0.29, 0.717) is 5.56 Å². The molecule has 1 rings (SSSR count). The van der Waals surface area contributed by atoms with Crippen molar-refractivity contribution in [1.29, 1.82) is 0 Å². The van der Waals surface area contributed by atoms with E-state index in [1.165, 1.54) is 31.2 Å². The second-order valence-corrected chi connectivity index (χ2v) is 3.92. The first kappa shape index (κ1) is 13.7. The number of aryl methyl sites for hydroxylation is 1. The molecular weight excluding hydrogens is 303 g/mol. The van der Waals surface area contributed by atoms with Crippen LogP contribution in [0.5, 0.6) is 5.75 Å². The number of nitrogens with zero attached hydrogens (tertiary/aromatic N) is 1. The summed E-state index contributed by atoms with van der Waals surface area (Å²) in [4.78, 5) is 13.3. The summed E-state index contributed by atoms with van der Waals surface area (Å²) in [7, 11) is 0. The number of rotatable bonds is 4. The van der Waals surface area contributed by atoms with Crippen LogP contribution in [0.2, 0.25) is 0 Å². The Morgan fingerprint density at radius 2 is 2.18 bits per heavy atom. The minimum absolute atomic E-state index is 0.193. The highest BCUT2D eigenvalue weighted by Gasteiger charge is 2.41. The first-order valence-corrected chi connectivity index (χ1v) is 5.32. The maximum Gasteiger partial charge on any atom is 0.440 e. The standard InChI is InChI=1S/C10H7BrF3NO2/c1-6-4-7(15-5-16)2-3-8(6)17-10(13,14)9(11)12/h2-4,9H,1H3. The highest BCUT2D eigenvalue weighted by atomic mass is 79.9. The lowest BCUT2D eigenvalue weighted by Gasteiger charge is -2.19. The van der Waals surface area contributed by atoms with Crippen LogP contribution in [0.15, 0.2) is 23.2 Å². The van der Waals surface area contributed by atoms with Gasteiger partial charge in [0.25, 0.3) is 5.08 Å². The molecule has 3 nitrogen and oxygen atoms in total. The van der Waals surface area contributed by atoms with E-state index >= 15 is 0 Å². The molecule has 1 atom stereocenters. The molecule has 17 heavy (non-hydrogen) atoms. The van der Waals surface area contributed by atoms with Crippen LogP contribution < -0.4 is 4.74 Å². The zero-order valence-corrected chi connectivity index (χ0v) is 10.2. The van der Waals surface area contributed by atoms with Gasteiger partial charge in [-0.15, -0.1) is 0 Å². The highest BCUT2D eigenvalue weighted by molar-refractivity contribution is 9.09. The van der Waals surface area contributed by atoms with Gasteiger partial charge in [-0.05, 0) is 46.6 Å². The molecule has 0 saturated carbocycles. The van der Waals surface area contributed by atoms with Gasteiger partial charge in [0, 0.05) is 0 Å². The number of halogens is 4. The van der Waals surface area contributed by atoms with Crippen molar-refractivity contribution < 1.29 is 22.7 Å². The van der Waals surface area contributed by atoms with Gasteiger partial charge in [0.05, 0.1) is 5.69 Å². The first-order valence-electron chi connectivity index (χ1n) is 4.40. The molecule has 1 aromatic rings. The Morgan fingerprint density at radius 1 is 1.53 bits per heavy atom. The summed E-state index contributed by atoms with van der Waals surface area (Å²) in [6.07, 6.45) is -2.66. The molecule has 0 heterocycles. The molecule has 1 aromatic carbocycles. The molecule has 0 fully saturated rings. The minimum Gasteiger partial charge on any atom is -0.429 e. The van der Waals surface area contributed by atoms with Crippen molar-refractivity contribution in [3.05, 3.63) is 23.8 Å². The predicted octanol–water partition coefficient (Wildman–Crippen LogP) is 3.62. The van der Waals surface area contributed by atoms with Gasteiger partial charge in [-0.1, -0.05) is 0 Å². The Morgan fingerprint density at radius 3 is 2.65 bits per heavy atom. The van der Waals surface area contributed by atoms with Crippen molar-refractivity contribution in [3.63, 3.8) is 0 Å². The van der Waals surface area contributed by atoms with E-state index in [1.54, 1.807) is 0 Å². The van der Waals surface area contributed by atoms with Gasteiger partial charge in [-0.2, -0.15) is 13.8 Å². The molecule has 1 unspecified atom stereocenters. The molecule has 0 saturated heterocycles. The van der Waals surface area contributed by atoms with Crippen LogP contribution in [0.1, 0.15) is 5.56 Å². The normalized spacial score (nSPS) is 12.8. The van der Waals surface area contributed by atoms with E-state index in [1.807, 2.05) is 0 Å². The van der Waals surface area contributed by atoms with Crippen molar-refractivity contribution in [2.24, 2.45) is 4.99 Å². The molecule has 0 aliphatic rings. The lowest BCUT2D eigenvalue weighted by molar-refractivity contribution is -0.195. The van der Waals surface area contributed by atoms with Crippen LogP contribution in [0, 0.1) is 6.92 Å². The van der Waals surface area contributed by atoms with Gasteiger partial charge in [-0.25, -0.2) is 9.18 Å². The van der Waals surface area contributed by atoms with E-state index in [9.17, 15) is 18.0 Å². The topological polar surface area (TPSA) is 38.7 Å². The van der Waals surface area contributed by atoms with E-state index in [2.05, 4.69) is 25.7 Å². The fourth-order valence-electron chi connectivity index (χ4n) is 1.06. The van der Waals surface area contributed by atoms with Crippen molar-refractivity contribution in [3.8, 4) is 5.75 Å². The fraction of sp³-hybridized carbons (Fsp3) is 0.300.